The number of nitrogens with one attached hydrogen (secondary N) is 2. The molecule has 1 aliphatic heterocycles. The van der Waals surface area contributed by atoms with Crippen LogP contribution in [0.2, 0.25) is 0 Å². The highest BCUT2D eigenvalue weighted by molar-refractivity contribution is 7.89. The minimum absolute atomic E-state index is 0. The van der Waals surface area contributed by atoms with Gasteiger partial charge in [0.15, 0.2) is 0 Å². The van der Waals surface area contributed by atoms with Crippen LogP contribution in [0, 0.1) is 0 Å². The van der Waals surface area contributed by atoms with E-state index in [-0.39, 0.29) is 18.4 Å². The van der Waals surface area contributed by atoms with Gasteiger partial charge >= 0.3 is 0 Å². The van der Waals surface area contributed by atoms with Gasteiger partial charge in [0.25, 0.3) is 0 Å². The van der Waals surface area contributed by atoms with Crippen LogP contribution in [-0.4, -0.2) is 46.5 Å². The number of piperidine rings is 1. The predicted molar refractivity (Wildman–Crippen MR) is 87.3 cm³/mol. The standard InChI is InChI=1S/C14H23N3O2S.ClH/c1-17(2)11-12-5-7-14(8-6-12)20(18,19)16-13-4-3-9-15-10-13;/h5-8,13,15-16H,3-4,9-11H2,1-2H3;1H/t13-;/m1./s1. The Hall–Kier alpha value is -0.660. The highest BCUT2D eigenvalue weighted by atomic mass is 35.5. The third-order valence-electron chi connectivity index (χ3n) is 3.35. The van der Waals surface area contributed by atoms with E-state index in [0.29, 0.717) is 11.4 Å². The van der Waals surface area contributed by atoms with Crippen molar-refractivity contribution in [3.05, 3.63) is 29.8 Å². The van der Waals surface area contributed by atoms with Gasteiger partial charge in [0.1, 0.15) is 0 Å². The smallest absolute Gasteiger partial charge is 0.240 e. The molecule has 1 aliphatic rings. The van der Waals surface area contributed by atoms with Gasteiger partial charge in [0, 0.05) is 19.1 Å². The van der Waals surface area contributed by atoms with E-state index in [1.54, 1.807) is 12.1 Å². The molecular weight excluding hydrogens is 310 g/mol. The molecule has 2 rings (SSSR count). The van der Waals surface area contributed by atoms with Crippen LogP contribution in [0.15, 0.2) is 29.2 Å². The fourth-order valence-corrected chi connectivity index (χ4v) is 3.65. The Labute approximate surface area is 133 Å². The lowest BCUT2D eigenvalue weighted by Gasteiger charge is -2.23. The number of hydrogen-bond acceptors (Lipinski definition) is 4. The Bertz CT molecular complexity index is 526. The lowest BCUT2D eigenvalue weighted by molar-refractivity contribution is 0.402. The van der Waals surface area contributed by atoms with Crippen molar-refractivity contribution in [1.29, 1.82) is 0 Å². The third-order valence-corrected chi connectivity index (χ3v) is 4.89. The van der Waals surface area contributed by atoms with E-state index in [1.807, 2.05) is 26.2 Å². The molecule has 1 saturated heterocycles. The molecule has 21 heavy (non-hydrogen) atoms. The van der Waals surface area contributed by atoms with E-state index in [1.165, 1.54) is 0 Å². The molecule has 0 radical (unpaired) electrons. The van der Waals surface area contributed by atoms with E-state index >= 15 is 0 Å². The maximum atomic E-state index is 12.3. The van der Waals surface area contributed by atoms with Crippen LogP contribution in [0.3, 0.4) is 0 Å². The summed E-state index contributed by atoms with van der Waals surface area (Å²) in [7, 11) is 0.568. The van der Waals surface area contributed by atoms with Gasteiger partial charge in [-0.2, -0.15) is 0 Å². The van der Waals surface area contributed by atoms with E-state index in [2.05, 4.69) is 14.9 Å². The van der Waals surface area contributed by atoms with Crippen molar-refractivity contribution in [2.45, 2.75) is 30.3 Å². The van der Waals surface area contributed by atoms with Crippen molar-refractivity contribution in [2.24, 2.45) is 0 Å². The molecule has 7 heteroatoms. The van der Waals surface area contributed by atoms with Crippen LogP contribution in [-0.2, 0) is 16.6 Å². The number of sulfonamides is 1. The minimum Gasteiger partial charge on any atom is -0.315 e. The Morgan fingerprint density at radius 3 is 2.48 bits per heavy atom. The van der Waals surface area contributed by atoms with Crippen molar-refractivity contribution in [1.82, 2.24) is 14.9 Å². The summed E-state index contributed by atoms with van der Waals surface area (Å²) in [5.74, 6) is 0. The molecule has 0 saturated carbocycles. The summed E-state index contributed by atoms with van der Waals surface area (Å²) in [4.78, 5) is 2.39. The van der Waals surface area contributed by atoms with Crippen LogP contribution < -0.4 is 10.0 Å². The van der Waals surface area contributed by atoms with Gasteiger partial charge in [-0.1, -0.05) is 12.1 Å². The third kappa shape index (κ3) is 5.56. The van der Waals surface area contributed by atoms with Crippen LogP contribution >= 0.6 is 12.4 Å². The summed E-state index contributed by atoms with van der Waals surface area (Å²) >= 11 is 0. The lowest BCUT2D eigenvalue weighted by atomic mass is 10.1. The summed E-state index contributed by atoms with van der Waals surface area (Å²) in [5, 5.41) is 3.21. The van der Waals surface area contributed by atoms with Crippen LogP contribution in [0.4, 0.5) is 0 Å². The van der Waals surface area contributed by atoms with Crippen LogP contribution in [0.1, 0.15) is 18.4 Å². The summed E-state index contributed by atoms with van der Waals surface area (Å²) in [5.41, 5.74) is 1.10. The first-order chi connectivity index (χ1) is 9.47. The zero-order valence-corrected chi connectivity index (χ0v) is 14.1. The zero-order chi connectivity index (χ0) is 14.6. The summed E-state index contributed by atoms with van der Waals surface area (Å²) in [6.07, 6.45) is 1.90. The largest absolute Gasteiger partial charge is 0.315 e. The maximum Gasteiger partial charge on any atom is 0.240 e. The Morgan fingerprint density at radius 2 is 1.95 bits per heavy atom. The van der Waals surface area contributed by atoms with E-state index in [0.717, 1.165) is 31.5 Å². The van der Waals surface area contributed by atoms with Crippen LogP contribution in [0.25, 0.3) is 0 Å². The quantitative estimate of drug-likeness (QED) is 0.850. The van der Waals surface area contributed by atoms with Crippen molar-refractivity contribution in [2.75, 3.05) is 27.2 Å². The van der Waals surface area contributed by atoms with Gasteiger partial charge in [0.2, 0.25) is 10.0 Å². The first kappa shape index (κ1) is 18.4. The Kier molecular flexibility index (Phi) is 7.09. The molecule has 1 fully saturated rings. The first-order valence-electron chi connectivity index (χ1n) is 6.94. The fraction of sp³-hybridized carbons (Fsp3) is 0.571. The molecule has 1 aromatic rings. The molecule has 0 bridgehead atoms. The van der Waals surface area contributed by atoms with Gasteiger partial charge in [0.05, 0.1) is 4.90 Å². The second-order valence-corrected chi connectivity index (χ2v) is 7.26. The number of hydrogen-bond donors (Lipinski definition) is 2. The molecule has 0 unspecified atom stereocenters. The van der Waals surface area contributed by atoms with Gasteiger partial charge in [-0.05, 0) is 51.2 Å². The Balaban J connectivity index is 0.00000220. The van der Waals surface area contributed by atoms with Crippen LogP contribution in [0.5, 0.6) is 0 Å². The Morgan fingerprint density at radius 1 is 1.29 bits per heavy atom. The summed E-state index contributed by atoms with van der Waals surface area (Å²) in [6, 6.07) is 7.09. The van der Waals surface area contributed by atoms with Gasteiger partial charge in [-0.25, -0.2) is 13.1 Å². The molecule has 2 N–H and O–H groups in total. The summed E-state index contributed by atoms with van der Waals surface area (Å²) < 4.78 is 27.3. The molecule has 120 valence electrons. The summed E-state index contributed by atoms with van der Waals surface area (Å²) in [6.45, 7) is 2.48. The van der Waals surface area contributed by atoms with Crippen molar-refractivity contribution in [3.63, 3.8) is 0 Å². The molecule has 0 aromatic heterocycles. The molecule has 1 atom stereocenters. The van der Waals surface area contributed by atoms with Gasteiger partial charge in [-0.15, -0.1) is 12.4 Å². The molecule has 5 nitrogen and oxygen atoms in total. The topological polar surface area (TPSA) is 61.4 Å². The zero-order valence-electron chi connectivity index (χ0n) is 12.5. The fourth-order valence-electron chi connectivity index (χ4n) is 2.38. The first-order valence-corrected chi connectivity index (χ1v) is 8.42. The molecular formula is C14H24ClN3O2S. The number of nitrogens with zero attached hydrogens (tertiary/aromatic N) is 1. The molecule has 1 heterocycles. The highest BCUT2D eigenvalue weighted by Crippen LogP contribution is 2.13. The lowest BCUT2D eigenvalue weighted by Crippen LogP contribution is -2.45. The average molecular weight is 334 g/mol. The molecule has 0 spiro atoms. The second-order valence-electron chi connectivity index (χ2n) is 5.55. The van der Waals surface area contributed by atoms with Crippen molar-refractivity contribution >= 4 is 22.4 Å². The number of benzene rings is 1. The SMILES string of the molecule is CN(C)Cc1ccc(S(=O)(=O)N[C@@H]2CCCNC2)cc1.Cl. The van der Waals surface area contributed by atoms with Crippen molar-refractivity contribution < 1.29 is 8.42 Å². The molecule has 1 aromatic carbocycles. The monoisotopic (exact) mass is 333 g/mol. The van der Waals surface area contributed by atoms with Gasteiger partial charge < -0.3 is 10.2 Å². The number of halogens is 1. The second kappa shape index (κ2) is 8.10. The normalized spacial score (nSPS) is 19.3. The number of rotatable bonds is 5. The van der Waals surface area contributed by atoms with E-state index in [4.69, 9.17) is 0 Å². The molecule has 0 amide bonds. The van der Waals surface area contributed by atoms with Gasteiger partial charge in [-0.3, -0.25) is 0 Å². The van der Waals surface area contributed by atoms with Crippen molar-refractivity contribution in [3.8, 4) is 0 Å². The maximum absolute atomic E-state index is 12.3. The predicted octanol–water partition coefficient (Wildman–Crippen LogP) is 1.20. The molecule has 0 aliphatic carbocycles. The minimum atomic E-state index is -3.41. The van der Waals surface area contributed by atoms with E-state index < -0.39 is 10.0 Å². The highest BCUT2D eigenvalue weighted by Gasteiger charge is 2.21. The average Bonchev–Trinajstić information content (AvgIpc) is 2.39. The van der Waals surface area contributed by atoms with E-state index in [9.17, 15) is 8.42 Å².